The van der Waals surface area contributed by atoms with Crippen LogP contribution in [0.1, 0.15) is 23.1 Å². The topological polar surface area (TPSA) is 77.6 Å². The van der Waals surface area contributed by atoms with E-state index in [0.29, 0.717) is 23.6 Å². The first-order valence-corrected chi connectivity index (χ1v) is 6.71. The molecule has 3 N–H and O–H groups in total. The van der Waals surface area contributed by atoms with Gasteiger partial charge in [-0.05, 0) is 29.8 Å². The lowest BCUT2D eigenvalue weighted by molar-refractivity contribution is 0.143. The van der Waals surface area contributed by atoms with Gasteiger partial charge in [-0.3, -0.25) is 4.98 Å². The molecule has 1 heterocycles. The molecule has 0 spiro atoms. The third-order valence-electron chi connectivity index (χ3n) is 3.50. The summed E-state index contributed by atoms with van der Waals surface area (Å²) in [6.07, 6.45) is 2.60. The molecule has 2 rings (SSSR count). The van der Waals surface area contributed by atoms with Gasteiger partial charge in [0, 0.05) is 30.4 Å². The first-order chi connectivity index (χ1) is 10.2. The van der Waals surface area contributed by atoms with Gasteiger partial charge in [0.05, 0.1) is 20.3 Å². The molecule has 0 saturated heterocycles. The van der Waals surface area contributed by atoms with Crippen LogP contribution in [0.5, 0.6) is 11.5 Å². The number of pyridine rings is 1. The van der Waals surface area contributed by atoms with Gasteiger partial charge < -0.3 is 20.3 Å². The lowest BCUT2D eigenvalue weighted by atomic mass is 9.89. The number of aliphatic hydroxyl groups is 1. The molecule has 21 heavy (non-hydrogen) atoms. The van der Waals surface area contributed by atoms with Crippen LogP contribution >= 0.6 is 0 Å². The maximum atomic E-state index is 10.7. The molecule has 0 amide bonds. The number of methoxy groups -OCH3 is 2. The zero-order chi connectivity index (χ0) is 15.2. The normalized spacial score (nSPS) is 13.5. The zero-order valence-electron chi connectivity index (χ0n) is 12.2. The lowest BCUT2D eigenvalue weighted by Crippen LogP contribution is -2.20. The maximum absolute atomic E-state index is 10.7. The van der Waals surface area contributed by atoms with Crippen LogP contribution in [-0.2, 0) is 0 Å². The number of aliphatic hydroxyl groups excluding tert-OH is 1. The Morgan fingerprint density at radius 3 is 2.62 bits per heavy atom. The molecule has 0 aliphatic heterocycles. The van der Waals surface area contributed by atoms with E-state index in [9.17, 15) is 5.11 Å². The first kappa shape index (κ1) is 15.3. The Balaban J connectivity index is 2.39. The van der Waals surface area contributed by atoms with Crippen molar-refractivity contribution in [1.82, 2.24) is 4.98 Å². The van der Waals surface area contributed by atoms with E-state index in [4.69, 9.17) is 15.2 Å². The second-order valence-electron chi connectivity index (χ2n) is 4.68. The van der Waals surface area contributed by atoms with Crippen LogP contribution in [-0.4, -0.2) is 30.9 Å². The van der Waals surface area contributed by atoms with Crippen LogP contribution in [0.15, 0.2) is 42.7 Å². The predicted octanol–water partition coefficient (Wildman–Crippen LogP) is 1.87. The Morgan fingerprint density at radius 1 is 1.24 bits per heavy atom. The fourth-order valence-corrected chi connectivity index (χ4v) is 2.33. The summed E-state index contributed by atoms with van der Waals surface area (Å²) in [5, 5.41) is 10.7. The molecule has 0 bridgehead atoms. The molecule has 1 aromatic heterocycles. The molecule has 0 aliphatic rings. The van der Waals surface area contributed by atoms with Crippen LogP contribution in [0.3, 0.4) is 0 Å². The monoisotopic (exact) mass is 288 g/mol. The van der Waals surface area contributed by atoms with Crippen LogP contribution in [0.2, 0.25) is 0 Å². The van der Waals surface area contributed by atoms with Gasteiger partial charge in [0.25, 0.3) is 0 Å². The summed E-state index contributed by atoms with van der Waals surface area (Å²) in [6, 6.07) is 9.06. The highest BCUT2D eigenvalue weighted by Crippen LogP contribution is 2.36. The number of rotatable bonds is 6. The molecule has 0 fully saturated rings. The van der Waals surface area contributed by atoms with Gasteiger partial charge in [0.1, 0.15) is 11.5 Å². The third-order valence-corrected chi connectivity index (χ3v) is 3.50. The minimum Gasteiger partial charge on any atom is -0.497 e. The van der Waals surface area contributed by atoms with Gasteiger partial charge in [-0.2, -0.15) is 0 Å². The molecule has 0 saturated carbocycles. The summed E-state index contributed by atoms with van der Waals surface area (Å²) in [5.74, 6) is 0.997. The molecule has 1 aromatic carbocycles. The van der Waals surface area contributed by atoms with Gasteiger partial charge in [-0.15, -0.1) is 0 Å². The number of hydrogen-bond donors (Lipinski definition) is 2. The quantitative estimate of drug-likeness (QED) is 0.848. The highest BCUT2D eigenvalue weighted by Gasteiger charge is 2.25. The molecule has 0 aliphatic carbocycles. The van der Waals surface area contributed by atoms with Crippen molar-refractivity contribution in [2.75, 3.05) is 20.8 Å². The number of hydrogen-bond acceptors (Lipinski definition) is 5. The fourth-order valence-electron chi connectivity index (χ4n) is 2.33. The van der Waals surface area contributed by atoms with E-state index in [-0.39, 0.29) is 5.92 Å². The zero-order valence-corrected chi connectivity index (χ0v) is 12.2. The highest BCUT2D eigenvalue weighted by molar-refractivity contribution is 5.43. The summed E-state index contributed by atoms with van der Waals surface area (Å²) in [6.45, 7) is 0.299. The number of ether oxygens (including phenoxy) is 2. The molecule has 5 heteroatoms. The van der Waals surface area contributed by atoms with Crippen molar-refractivity contribution in [3.63, 3.8) is 0 Å². The van der Waals surface area contributed by atoms with E-state index >= 15 is 0 Å². The van der Waals surface area contributed by atoms with E-state index in [0.717, 1.165) is 5.56 Å². The Hall–Kier alpha value is -2.11. The average Bonchev–Trinajstić information content (AvgIpc) is 2.55. The lowest BCUT2D eigenvalue weighted by Gasteiger charge is -2.24. The van der Waals surface area contributed by atoms with Crippen molar-refractivity contribution in [3.05, 3.63) is 53.9 Å². The summed E-state index contributed by atoms with van der Waals surface area (Å²) < 4.78 is 10.5. The molecule has 5 nitrogen and oxygen atoms in total. The maximum Gasteiger partial charge on any atom is 0.124 e. The smallest absolute Gasteiger partial charge is 0.124 e. The SMILES string of the molecule is COc1ccc(OC)c(C(O)C(CN)c2cccnc2)c1. The molecule has 2 aromatic rings. The minimum atomic E-state index is -0.802. The van der Waals surface area contributed by atoms with E-state index in [1.165, 1.54) is 0 Å². The second-order valence-corrected chi connectivity index (χ2v) is 4.68. The molecule has 112 valence electrons. The third kappa shape index (κ3) is 3.32. The van der Waals surface area contributed by atoms with E-state index < -0.39 is 6.10 Å². The number of aromatic nitrogens is 1. The van der Waals surface area contributed by atoms with E-state index in [1.807, 2.05) is 12.1 Å². The number of nitrogens with zero attached hydrogens (tertiary/aromatic N) is 1. The van der Waals surface area contributed by atoms with Gasteiger partial charge in [-0.25, -0.2) is 0 Å². The first-order valence-electron chi connectivity index (χ1n) is 6.71. The van der Waals surface area contributed by atoms with Crippen molar-refractivity contribution in [3.8, 4) is 11.5 Å². The molecule has 2 atom stereocenters. The van der Waals surface area contributed by atoms with Crippen LogP contribution in [0.25, 0.3) is 0 Å². The second kappa shape index (κ2) is 7.06. The fraction of sp³-hybridized carbons (Fsp3) is 0.312. The van der Waals surface area contributed by atoms with Crippen molar-refractivity contribution in [2.24, 2.45) is 5.73 Å². The summed E-state index contributed by atoms with van der Waals surface area (Å²) in [5.41, 5.74) is 7.38. The van der Waals surface area contributed by atoms with Gasteiger partial charge in [0.15, 0.2) is 0 Å². The summed E-state index contributed by atoms with van der Waals surface area (Å²) in [4.78, 5) is 4.08. The van der Waals surface area contributed by atoms with E-state index in [2.05, 4.69) is 4.98 Å². The van der Waals surface area contributed by atoms with Crippen molar-refractivity contribution < 1.29 is 14.6 Å². The van der Waals surface area contributed by atoms with Crippen molar-refractivity contribution in [2.45, 2.75) is 12.0 Å². The van der Waals surface area contributed by atoms with Gasteiger partial charge in [0.2, 0.25) is 0 Å². The average molecular weight is 288 g/mol. The summed E-state index contributed by atoms with van der Waals surface area (Å²) >= 11 is 0. The van der Waals surface area contributed by atoms with Gasteiger partial charge in [-0.1, -0.05) is 6.07 Å². The largest absolute Gasteiger partial charge is 0.497 e. The predicted molar refractivity (Wildman–Crippen MR) is 80.5 cm³/mol. The van der Waals surface area contributed by atoms with Crippen LogP contribution < -0.4 is 15.2 Å². The van der Waals surface area contributed by atoms with Crippen molar-refractivity contribution in [1.29, 1.82) is 0 Å². The Bertz CT molecular complexity index is 575. The highest BCUT2D eigenvalue weighted by atomic mass is 16.5. The Morgan fingerprint density at radius 2 is 2.05 bits per heavy atom. The van der Waals surface area contributed by atoms with Crippen molar-refractivity contribution >= 4 is 0 Å². The molecular formula is C16H20N2O3. The van der Waals surface area contributed by atoms with E-state index in [1.54, 1.807) is 44.8 Å². The van der Waals surface area contributed by atoms with Gasteiger partial charge >= 0.3 is 0 Å². The van der Waals surface area contributed by atoms with Crippen LogP contribution in [0, 0.1) is 0 Å². The Kier molecular flexibility index (Phi) is 5.14. The number of nitrogens with two attached hydrogens (primary N) is 1. The molecule has 0 radical (unpaired) electrons. The minimum absolute atomic E-state index is 0.264. The Labute approximate surface area is 124 Å². The standard InChI is InChI=1S/C16H20N2O3/c1-20-12-5-6-15(21-2)13(8-12)16(19)14(9-17)11-4-3-7-18-10-11/h3-8,10,14,16,19H,9,17H2,1-2H3. The number of benzene rings is 1. The molecule has 2 unspecified atom stereocenters. The van der Waals surface area contributed by atoms with Crippen LogP contribution in [0.4, 0.5) is 0 Å². The summed E-state index contributed by atoms with van der Waals surface area (Å²) in [7, 11) is 3.15. The molecular weight excluding hydrogens is 268 g/mol.